The van der Waals surface area contributed by atoms with Gasteiger partial charge < -0.3 is 0 Å². The highest BCUT2D eigenvalue weighted by Crippen LogP contribution is 2.41. The van der Waals surface area contributed by atoms with E-state index < -0.39 is 46.6 Å². The smallest absolute Gasteiger partial charge is 0.198 e. The molecule has 0 saturated heterocycles. The highest BCUT2D eigenvalue weighted by molar-refractivity contribution is 5.58. The lowest BCUT2D eigenvalue weighted by Gasteiger charge is -2.18. The Balaban J connectivity index is 3.98. The van der Waals surface area contributed by atoms with E-state index in [1.807, 2.05) is 0 Å². The summed E-state index contributed by atoms with van der Waals surface area (Å²) in [5.41, 5.74) is -7.10. The van der Waals surface area contributed by atoms with Crippen LogP contribution < -0.4 is 0 Å². The molecule has 0 radical (unpaired) electrons. The molecule has 0 heterocycles. The van der Waals surface area contributed by atoms with Crippen LogP contribution in [0.5, 0.6) is 0 Å². The van der Waals surface area contributed by atoms with Gasteiger partial charge in [0, 0.05) is 0 Å². The van der Waals surface area contributed by atoms with Gasteiger partial charge in [-0.05, 0) is 11.6 Å². The van der Waals surface area contributed by atoms with Crippen molar-refractivity contribution < 1.29 is 26.3 Å². The first-order valence-electron chi connectivity index (χ1n) is 5.09. The monoisotopic (exact) mass is 303 g/mol. The largest absolute Gasteiger partial charge is 0.418 e. The molecule has 0 aliphatic rings. The zero-order valence-corrected chi connectivity index (χ0v) is 9.89. The Bertz CT molecular complexity index is 695. The third-order valence-electron chi connectivity index (χ3n) is 2.51. The Morgan fingerprint density at radius 2 is 1.48 bits per heavy atom. The molecule has 0 fully saturated rings. The molecule has 1 aromatic rings. The van der Waals surface area contributed by atoms with E-state index in [2.05, 4.69) is 0 Å². The molecule has 3 nitrogen and oxygen atoms in total. The molecule has 0 spiro atoms. The molecule has 108 valence electrons. The second kappa shape index (κ2) is 5.34. The van der Waals surface area contributed by atoms with Crippen LogP contribution in [-0.2, 0) is 18.8 Å². The lowest BCUT2D eigenvalue weighted by Crippen LogP contribution is -2.18. The summed E-state index contributed by atoms with van der Waals surface area (Å²) in [4.78, 5) is 0. The fourth-order valence-electron chi connectivity index (χ4n) is 1.75. The third kappa shape index (κ3) is 3.06. The van der Waals surface area contributed by atoms with Crippen molar-refractivity contribution in [2.45, 2.75) is 18.8 Å². The Kier molecular flexibility index (Phi) is 4.15. The molecule has 0 aliphatic heterocycles. The van der Waals surface area contributed by atoms with E-state index >= 15 is 0 Å². The summed E-state index contributed by atoms with van der Waals surface area (Å²) in [6.07, 6.45) is -11.3. The summed E-state index contributed by atoms with van der Waals surface area (Å²) >= 11 is 0. The zero-order valence-electron chi connectivity index (χ0n) is 9.89. The zero-order chi connectivity index (χ0) is 16.4. The molecule has 0 aromatic heterocycles. The van der Waals surface area contributed by atoms with Gasteiger partial charge in [-0.1, -0.05) is 0 Å². The van der Waals surface area contributed by atoms with Gasteiger partial charge in [0.05, 0.1) is 40.8 Å². The number of hydrogen-bond donors (Lipinski definition) is 0. The van der Waals surface area contributed by atoms with Gasteiger partial charge in [0.15, 0.2) is 0 Å². The van der Waals surface area contributed by atoms with Crippen LogP contribution >= 0.6 is 0 Å². The Morgan fingerprint density at radius 1 is 0.905 bits per heavy atom. The highest BCUT2D eigenvalue weighted by atomic mass is 19.4. The lowest BCUT2D eigenvalue weighted by molar-refractivity contribution is -0.142. The van der Waals surface area contributed by atoms with Gasteiger partial charge in [-0.25, -0.2) is 0 Å². The van der Waals surface area contributed by atoms with Crippen molar-refractivity contribution >= 4 is 0 Å². The van der Waals surface area contributed by atoms with Crippen molar-refractivity contribution in [3.05, 3.63) is 33.9 Å². The summed E-state index contributed by atoms with van der Waals surface area (Å²) in [5.74, 6) is 0. The average molecular weight is 303 g/mol. The molecule has 21 heavy (non-hydrogen) atoms. The van der Waals surface area contributed by atoms with E-state index in [1.54, 1.807) is 0 Å². The third-order valence-corrected chi connectivity index (χ3v) is 2.51. The SMILES string of the molecule is N#CCc1c(C(F)(F)F)cc(C#N)c(C(F)(F)F)c1C#N. The van der Waals surface area contributed by atoms with Gasteiger partial charge in [0.1, 0.15) is 6.07 Å². The Hall–Kier alpha value is -2.73. The predicted molar refractivity (Wildman–Crippen MR) is 55.2 cm³/mol. The molecular formula is C12H3F6N3. The number of rotatable bonds is 1. The molecule has 0 amide bonds. The number of nitrogens with zero attached hydrogens (tertiary/aromatic N) is 3. The first-order valence-corrected chi connectivity index (χ1v) is 5.09. The maximum absolute atomic E-state index is 12.9. The van der Waals surface area contributed by atoms with E-state index in [0.29, 0.717) is 0 Å². The van der Waals surface area contributed by atoms with Crippen LogP contribution in [0, 0.1) is 34.0 Å². The van der Waals surface area contributed by atoms with Gasteiger partial charge in [0.25, 0.3) is 0 Å². The van der Waals surface area contributed by atoms with Crippen molar-refractivity contribution in [3.8, 4) is 18.2 Å². The van der Waals surface area contributed by atoms with Crippen molar-refractivity contribution in [1.82, 2.24) is 0 Å². The standard InChI is InChI=1S/C12H3F6N3/c13-11(14,15)9-3-6(4-20)10(12(16,17)18)8(5-21)7(9)1-2-19/h3H,1H2. The first-order chi connectivity index (χ1) is 9.57. The van der Waals surface area contributed by atoms with Crippen molar-refractivity contribution in [2.75, 3.05) is 0 Å². The van der Waals surface area contributed by atoms with E-state index in [4.69, 9.17) is 15.8 Å². The van der Waals surface area contributed by atoms with Crippen molar-refractivity contribution in [1.29, 1.82) is 15.8 Å². The summed E-state index contributed by atoms with van der Waals surface area (Å²) in [5, 5.41) is 25.9. The normalized spacial score (nSPS) is 11.4. The fourth-order valence-corrected chi connectivity index (χ4v) is 1.75. The topological polar surface area (TPSA) is 71.4 Å². The maximum atomic E-state index is 12.9. The van der Waals surface area contributed by atoms with E-state index in [-0.39, 0.29) is 6.07 Å². The predicted octanol–water partition coefficient (Wildman–Crippen LogP) is 3.53. The fraction of sp³-hybridized carbons (Fsp3) is 0.250. The molecule has 0 atom stereocenters. The first kappa shape index (κ1) is 16.3. The average Bonchev–Trinajstić information content (AvgIpc) is 2.35. The van der Waals surface area contributed by atoms with Crippen molar-refractivity contribution in [2.24, 2.45) is 0 Å². The van der Waals surface area contributed by atoms with Crippen LogP contribution in [0.1, 0.15) is 27.8 Å². The van der Waals surface area contributed by atoms with Crippen LogP contribution in [-0.4, -0.2) is 0 Å². The minimum Gasteiger partial charge on any atom is -0.198 e. The number of benzene rings is 1. The molecule has 9 heteroatoms. The van der Waals surface area contributed by atoms with Gasteiger partial charge in [-0.15, -0.1) is 0 Å². The van der Waals surface area contributed by atoms with E-state index in [1.165, 1.54) is 6.07 Å². The molecule has 0 saturated carbocycles. The molecule has 0 aliphatic carbocycles. The summed E-state index contributed by atoms with van der Waals surface area (Å²) < 4.78 is 77.1. The number of halogens is 6. The van der Waals surface area contributed by atoms with Gasteiger partial charge >= 0.3 is 12.4 Å². The second-order valence-electron chi connectivity index (χ2n) is 3.75. The Morgan fingerprint density at radius 3 is 1.81 bits per heavy atom. The maximum Gasteiger partial charge on any atom is 0.418 e. The minimum absolute atomic E-state index is 0.0103. The molecular weight excluding hydrogens is 300 g/mol. The van der Waals surface area contributed by atoms with Crippen LogP contribution in [0.3, 0.4) is 0 Å². The molecule has 0 bridgehead atoms. The number of nitriles is 3. The highest BCUT2D eigenvalue weighted by Gasteiger charge is 2.42. The molecule has 0 N–H and O–H groups in total. The summed E-state index contributed by atoms with van der Waals surface area (Å²) in [7, 11) is 0. The van der Waals surface area contributed by atoms with Gasteiger partial charge in [-0.3, -0.25) is 0 Å². The Labute approximate surface area is 114 Å². The van der Waals surface area contributed by atoms with E-state index in [9.17, 15) is 26.3 Å². The molecule has 1 aromatic carbocycles. The summed E-state index contributed by atoms with van der Waals surface area (Å²) in [6.45, 7) is 0. The molecule has 0 unspecified atom stereocenters. The second-order valence-corrected chi connectivity index (χ2v) is 3.75. The van der Waals surface area contributed by atoms with E-state index in [0.717, 1.165) is 12.1 Å². The van der Waals surface area contributed by atoms with Crippen LogP contribution in [0.4, 0.5) is 26.3 Å². The lowest BCUT2D eigenvalue weighted by atomic mass is 9.90. The minimum atomic E-state index is -5.19. The summed E-state index contributed by atoms with van der Waals surface area (Å²) in [6, 6.07) is 3.32. The number of alkyl halides is 6. The number of hydrogen-bond acceptors (Lipinski definition) is 3. The van der Waals surface area contributed by atoms with Crippen LogP contribution in [0.25, 0.3) is 0 Å². The van der Waals surface area contributed by atoms with Crippen LogP contribution in [0.2, 0.25) is 0 Å². The van der Waals surface area contributed by atoms with Gasteiger partial charge in [0.2, 0.25) is 0 Å². The molecule has 1 rings (SSSR count). The van der Waals surface area contributed by atoms with Crippen molar-refractivity contribution in [3.63, 3.8) is 0 Å². The quantitative estimate of drug-likeness (QED) is 0.745. The van der Waals surface area contributed by atoms with Gasteiger partial charge in [-0.2, -0.15) is 42.1 Å². The van der Waals surface area contributed by atoms with Crippen LogP contribution in [0.15, 0.2) is 6.07 Å².